The molecule has 1 heterocycles. The molecule has 4 nitrogen and oxygen atoms in total. The van der Waals surface area contributed by atoms with Crippen LogP contribution >= 0.6 is 0 Å². The molecule has 2 rings (SSSR count). The number of aromatic nitrogens is 2. The van der Waals surface area contributed by atoms with Gasteiger partial charge in [0.2, 0.25) is 0 Å². The van der Waals surface area contributed by atoms with Crippen molar-refractivity contribution in [1.29, 1.82) is 5.26 Å². The molecule has 0 aliphatic rings. The average molecular weight is 266 g/mol. The number of aryl methyl sites for hydroxylation is 2. The number of nitriles is 1. The normalized spacial score (nSPS) is 10.2. The van der Waals surface area contributed by atoms with Crippen LogP contribution in [0.5, 0.6) is 0 Å². The fraction of sp³-hybridized carbons (Fsp3) is 0.312. The first-order valence-corrected chi connectivity index (χ1v) is 6.65. The molecule has 0 saturated heterocycles. The Morgan fingerprint density at radius 2 is 1.80 bits per heavy atom. The lowest BCUT2D eigenvalue weighted by atomic mass is 10.1. The van der Waals surface area contributed by atoms with Gasteiger partial charge in [-0.25, -0.2) is 0 Å². The van der Waals surface area contributed by atoms with Gasteiger partial charge in [-0.2, -0.15) is 10.4 Å². The zero-order valence-corrected chi connectivity index (χ0v) is 12.3. The van der Waals surface area contributed by atoms with Crippen LogP contribution in [0.15, 0.2) is 24.3 Å². The van der Waals surface area contributed by atoms with Gasteiger partial charge in [0.1, 0.15) is 11.6 Å². The van der Waals surface area contributed by atoms with E-state index in [0.29, 0.717) is 11.4 Å². The fourth-order valence-electron chi connectivity index (χ4n) is 2.04. The van der Waals surface area contributed by atoms with Crippen LogP contribution in [-0.4, -0.2) is 17.2 Å². The Kier molecular flexibility index (Phi) is 3.99. The van der Waals surface area contributed by atoms with Crippen LogP contribution in [0, 0.1) is 25.2 Å². The topological polar surface area (TPSA) is 52.8 Å². The van der Waals surface area contributed by atoms with Gasteiger partial charge in [0.25, 0.3) is 0 Å². The van der Waals surface area contributed by atoms with Crippen molar-refractivity contribution in [3.63, 3.8) is 0 Å². The van der Waals surface area contributed by atoms with Crippen LogP contribution in [0.2, 0.25) is 0 Å². The van der Waals surface area contributed by atoms with Crippen molar-refractivity contribution < 1.29 is 0 Å². The summed E-state index contributed by atoms with van der Waals surface area (Å²) in [5.74, 6) is 0.597. The summed E-state index contributed by atoms with van der Waals surface area (Å²) in [5.41, 5.74) is 4.54. The predicted octanol–water partition coefficient (Wildman–Crippen LogP) is 3.30. The molecule has 102 valence electrons. The lowest BCUT2D eigenvalue weighted by molar-refractivity contribution is 0.929. The van der Waals surface area contributed by atoms with E-state index in [0.717, 1.165) is 23.4 Å². The highest BCUT2D eigenvalue weighted by atomic mass is 15.3. The van der Waals surface area contributed by atoms with Gasteiger partial charge in [-0.05, 0) is 43.5 Å². The molecule has 0 aliphatic heterocycles. The molecule has 1 aromatic carbocycles. The molecule has 20 heavy (non-hydrogen) atoms. The molecule has 0 N–H and O–H groups in total. The summed E-state index contributed by atoms with van der Waals surface area (Å²) < 4.78 is 0. The monoisotopic (exact) mass is 266 g/mol. The number of hydrogen-bond donors (Lipinski definition) is 0. The maximum Gasteiger partial charge on any atom is 0.173 e. The summed E-state index contributed by atoms with van der Waals surface area (Å²) in [7, 11) is 1.90. The first-order valence-electron chi connectivity index (χ1n) is 6.65. The molecule has 0 saturated carbocycles. The third-order valence-corrected chi connectivity index (χ3v) is 3.60. The van der Waals surface area contributed by atoms with Crippen molar-refractivity contribution in [1.82, 2.24) is 10.2 Å². The predicted molar refractivity (Wildman–Crippen MR) is 80.1 cm³/mol. The van der Waals surface area contributed by atoms with Gasteiger partial charge in [0.05, 0.1) is 5.69 Å². The van der Waals surface area contributed by atoms with Crippen molar-refractivity contribution in [2.75, 3.05) is 11.9 Å². The minimum absolute atomic E-state index is 0.583. The Labute approximate surface area is 119 Å². The Morgan fingerprint density at radius 1 is 1.15 bits per heavy atom. The lowest BCUT2D eigenvalue weighted by Crippen LogP contribution is -2.15. The van der Waals surface area contributed by atoms with E-state index >= 15 is 0 Å². The van der Waals surface area contributed by atoms with Gasteiger partial charge in [-0.1, -0.05) is 19.1 Å². The van der Waals surface area contributed by atoms with Crippen molar-refractivity contribution in [2.24, 2.45) is 0 Å². The second-order valence-electron chi connectivity index (χ2n) is 4.80. The number of benzene rings is 1. The second-order valence-corrected chi connectivity index (χ2v) is 4.80. The highest BCUT2D eigenvalue weighted by Gasteiger charge is 2.15. The van der Waals surface area contributed by atoms with Crippen LogP contribution in [0.1, 0.15) is 29.3 Å². The summed E-state index contributed by atoms with van der Waals surface area (Å²) in [6.45, 7) is 5.89. The fourth-order valence-corrected chi connectivity index (χ4v) is 2.04. The summed E-state index contributed by atoms with van der Waals surface area (Å²) in [4.78, 5) is 1.90. The number of rotatable bonds is 3. The summed E-state index contributed by atoms with van der Waals surface area (Å²) >= 11 is 0. The van der Waals surface area contributed by atoms with Crippen molar-refractivity contribution in [3.05, 3.63) is 46.6 Å². The van der Waals surface area contributed by atoms with Crippen LogP contribution in [0.4, 0.5) is 11.5 Å². The van der Waals surface area contributed by atoms with Crippen molar-refractivity contribution in [3.8, 4) is 6.07 Å². The molecule has 0 aliphatic carbocycles. The molecule has 1 aromatic heterocycles. The third kappa shape index (κ3) is 2.48. The maximum atomic E-state index is 9.36. The third-order valence-electron chi connectivity index (χ3n) is 3.60. The molecular formula is C16H18N4. The summed E-state index contributed by atoms with van der Waals surface area (Å²) in [6.07, 6.45) is 1.01. The van der Waals surface area contributed by atoms with Gasteiger partial charge in [0.15, 0.2) is 5.82 Å². The highest BCUT2D eigenvalue weighted by molar-refractivity contribution is 5.66. The Hall–Kier alpha value is -2.41. The van der Waals surface area contributed by atoms with Crippen LogP contribution in [0.3, 0.4) is 0 Å². The smallest absolute Gasteiger partial charge is 0.173 e. The molecule has 0 unspecified atom stereocenters. The van der Waals surface area contributed by atoms with Crippen molar-refractivity contribution in [2.45, 2.75) is 27.2 Å². The van der Waals surface area contributed by atoms with Crippen molar-refractivity contribution >= 4 is 11.5 Å². The zero-order chi connectivity index (χ0) is 14.7. The Morgan fingerprint density at radius 3 is 2.35 bits per heavy atom. The zero-order valence-electron chi connectivity index (χ0n) is 12.3. The van der Waals surface area contributed by atoms with E-state index in [-0.39, 0.29) is 0 Å². The van der Waals surface area contributed by atoms with Crippen LogP contribution in [0.25, 0.3) is 0 Å². The van der Waals surface area contributed by atoms with E-state index in [2.05, 4.69) is 35.3 Å². The van der Waals surface area contributed by atoms with Gasteiger partial charge in [0, 0.05) is 12.7 Å². The van der Waals surface area contributed by atoms with E-state index in [4.69, 9.17) is 0 Å². The molecule has 0 fully saturated rings. The first kappa shape index (κ1) is 14.0. The molecule has 0 bridgehead atoms. The van der Waals surface area contributed by atoms with Gasteiger partial charge in [-0.3, -0.25) is 0 Å². The van der Waals surface area contributed by atoms with E-state index < -0.39 is 0 Å². The van der Waals surface area contributed by atoms with Crippen LogP contribution in [-0.2, 0) is 6.42 Å². The highest BCUT2D eigenvalue weighted by Crippen LogP contribution is 2.27. The number of hydrogen-bond acceptors (Lipinski definition) is 4. The van der Waals surface area contributed by atoms with E-state index in [1.807, 2.05) is 37.9 Å². The minimum atomic E-state index is 0.583. The average Bonchev–Trinajstić information content (AvgIpc) is 2.49. The largest absolute Gasteiger partial charge is 0.327 e. The molecule has 0 atom stereocenters. The Bertz CT molecular complexity index is 653. The lowest BCUT2D eigenvalue weighted by Gasteiger charge is -2.20. The van der Waals surface area contributed by atoms with E-state index in [1.54, 1.807) is 0 Å². The molecule has 2 aromatic rings. The second kappa shape index (κ2) is 5.70. The number of anilines is 2. The van der Waals surface area contributed by atoms with Crippen LogP contribution < -0.4 is 4.90 Å². The molecule has 0 amide bonds. The quantitative estimate of drug-likeness (QED) is 0.855. The first-order chi connectivity index (χ1) is 9.58. The molecule has 4 heteroatoms. The summed E-state index contributed by atoms with van der Waals surface area (Å²) in [5, 5.41) is 17.7. The standard InChI is InChI=1S/C16H18N4/c1-5-13-6-8-14(9-7-13)20(4)16-15(10-17)11(2)12(3)18-19-16/h6-9H,5H2,1-4H3. The Balaban J connectivity index is 2.45. The van der Waals surface area contributed by atoms with Gasteiger partial charge in [-0.15, -0.1) is 5.10 Å². The molecular weight excluding hydrogens is 248 g/mol. The molecule has 0 radical (unpaired) electrons. The van der Waals surface area contributed by atoms with Gasteiger partial charge < -0.3 is 4.90 Å². The molecule has 0 spiro atoms. The van der Waals surface area contributed by atoms with E-state index in [9.17, 15) is 5.26 Å². The van der Waals surface area contributed by atoms with E-state index in [1.165, 1.54) is 5.56 Å². The van der Waals surface area contributed by atoms with Gasteiger partial charge >= 0.3 is 0 Å². The minimum Gasteiger partial charge on any atom is -0.327 e. The summed E-state index contributed by atoms with van der Waals surface area (Å²) in [6, 6.07) is 10.5. The number of nitrogens with zero attached hydrogens (tertiary/aromatic N) is 4. The SMILES string of the molecule is CCc1ccc(N(C)c2nnc(C)c(C)c2C#N)cc1. The maximum absolute atomic E-state index is 9.36.